The number of nitrogens with one attached hydrogen (secondary N) is 1. The lowest BCUT2D eigenvalue weighted by Gasteiger charge is -2.42. The number of carbonyl (C=O) groups is 1. The van der Waals surface area contributed by atoms with Crippen molar-refractivity contribution >= 4 is 5.91 Å². The van der Waals surface area contributed by atoms with Crippen LogP contribution in [0.3, 0.4) is 0 Å². The van der Waals surface area contributed by atoms with Crippen molar-refractivity contribution in [2.45, 2.75) is 32.5 Å². The highest BCUT2D eigenvalue weighted by Gasteiger charge is 2.36. The van der Waals surface area contributed by atoms with Gasteiger partial charge < -0.3 is 19.4 Å². The largest absolute Gasteiger partial charge is 0.382 e. The highest BCUT2D eigenvalue weighted by Crippen LogP contribution is 2.22. The Kier molecular flexibility index (Phi) is 3.91. The average Bonchev–Trinajstić information content (AvgIpc) is 2.73. The topological polar surface area (TPSA) is 67.5 Å². The molecule has 1 fully saturated rings. The predicted octanol–water partition coefficient (Wildman–Crippen LogP) is 0.984. The molecule has 0 saturated carbocycles. The van der Waals surface area contributed by atoms with Crippen molar-refractivity contribution in [3.8, 4) is 0 Å². The number of aryl methyl sites for hydroxylation is 1. The number of carbonyl (C=O) groups excluding carboxylic acids is 1. The van der Waals surface area contributed by atoms with E-state index in [1.807, 2.05) is 20.8 Å². The fraction of sp³-hybridized carbons (Fsp3) is 0.692. The minimum absolute atomic E-state index is 0.0434. The van der Waals surface area contributed by atoms with Crippen LogP contribution in [0.2, 0.25) is 0 Å². The number of hydrogen-bond acceptors (Lipinski definition) is 4. The van der Waals surface area contributed by atoms with Gasteiger partial charge in [-0.1, -0.05) is 0 Å². The molecule has 106 valence electrons. The molecule has 0 bridgehead atoms. The summed E-state index contributed by atoms with van der Waals surface area (Å²) in [6.45, 7) is 7.36. The summed E-state index contributed by atoms with van der Waals surface area (Å²) in [5, 5.41) is 0. The Labute approximate surface area is 113 Å². The average molecular weight is 267 g/mol. The Hall–Kier alpha value is -1.40. The number of H-pyrrole nitrogens is 1. The van der Waals surface area contributed by atoms with Crippen LogP contribution in [0.4, 0.5) is 0 Å². The van der Waals surface area contributed by atoms with Gasteiger partial charge in [0.05, 0.1) is 24.5 Å². The second kappa shape index (κ2) is 5.30. The van der Waals surface area contributed by atoms with Gasteiger partial charge in [0.2, 0.25) is 0 Å². The summed E-state index contributed by atoms with van der Waals surface area (Å²) in [4.78, 5) is 21.2. The van der Waals surface area contributed by atoms with Gasteiger partial charge in [0.1, 0.15) is 11.5 Å². The lowest BCUT2D eigenvalue weighted by Crippen LogP contribution is -2.55. The molecular formula is C13H21N3O3. The lowest BCUT2D eigenvalue weighted by molar-refractivity contribution is -0.143. The summed E-state index contributed by atoms with van der Waals surface area (Å²) in [6, 6.07) is 0. The standard InChI is InChI=1S/C13H21N3O3/c1-9-14-5-11(15-9)12(17)16-6-10(7-18-4)19-13(2,3)8-16/h5,10H,6-8H2,1-4H3,(H,14,15)/t10-/m1/s1. The first-order chi connectivity index (χ1) is 8.91. The van der Waals surface area contributed by atoms with Gasteiger partial charge >= 0.3 is 0 Å². The van der Waals surface area contributed by atoms with Gasteiger partial charge in [-0.05, 0) is 20.8 Å². The van der Waals surface area contributed by atoms with Crippen LogP contribution < -0.4 is 0 Å². The number of morpholine rings is 1. The third-order valence-electron chi connectivity index (χ3n) is 3.05. The first-order valence-electron chi connectivity index (χ1n) is 6.39. The van der Waals surface area contributed by atoms with Crippen LogP contribution in [0.15, 0.2) is 6.20 Å². The van der Waals surface area contributed by atoms with Crippen molar-refractivity contribution in [2.75, 3.05) is 26.8 Å². The molecule has 1 aromatic rings. The lowest BCUT2D eigenvalue weighted by atomic mass is 10.0. The van der Waals surface area contributed by atoms with E-state index < -0.39 is 0 Å². The second-order valence-electron chi connectivity index (χ2n) is 5.52. The number of nitrogens with zero attached hydrogens (tertiary/aromatic N) is 2. The Morgan fingerprint density at radius 2 is 2.42 bits per heavy atom. The van der Waals surface area contributed by atoms with Gasteiger partial charge in [0.15, 0.2) is 0 Å². The number of methoxy groups -OCH3 is 1. The molecule has 0 aliphatic carbocycles. The molecule has 0 unspecified atom stereocenters. The highest BCUT2D eigenvalue weighted by molar-refractivity contribution is 5.92. The van der Waals surface area contributed by atoms with Crippen LogP contribution in [-0.2, 0) is 9.47 Å². The molecule has 0 aromatic carbocycles. The molecule has 0 spiro atoms. The van der Waals surface area contributed by atoms with Crippen molar-refractivity contribution in [3.05, 3.63) is 17.7 Å². The molecule has 2 heterocycles. The minimum atomic E-state index is -0.369. The molecule has 0 radical (unpaired) electrons. The molecule has 2 rings (SSSR count). The monoisotopic (exact) mass is 267 g/mol. The van der Waals surface area contributed by atoms with Crippen molar-refractivity contribution in [1.82, 2.24) is 14.9 Å². The van der Waals surface area contributed by atoms with Crippen LogP contribution >= 0.6 is 0 Å². The Morgan fingerprint density at radius 3 is 3.00 bits per heavy atom. The van der Waals surface area contributed by atoms with Gasteiger partial charge in [0, 0.05) is 20.2 Å². The third kappa shape index (κ3) is 3.33. The number of aromatic amines is 1. The van der Waals surface area contributed by atoms with E-state index in [0.29, 0.717) is 25.4 Å². The zero-order chi connectivity index (χ0) is 14.0. The Balaban J connectivity index is 2.12. The van der Waals surface area contributed by atoms with E-state index in [1.54, 1.807) is 18.2 Å². The second-order valence-corrected chi connectivity index (χ2v) is 5.52. The maximum atomic E-state index is 12.4. The molecule has 1 aromatic heterocycles. The molecule has 1 N–H and O–H groups in total. The summed E-state index contributed by atoms with van der Waals surface area (Å²) in [5.41, 5.74) is 0.151. The number of imidazole rings is 1. The summed E-state index contributed by atoms with van der Waals surface area (Å²) >= 11 is 0. The number of hydrogen-bond donors (Lipinski definition) is 1. The fourth-order valence-electron chi connectivity index (χ4n) is 2.42. The van der Waals surface area contributed by atoms with Gasteiger partial charge in [-0.2, -0.15) is 0 Å². The van der Waals surface area contributed by atoms with Crippen LogP contribution in [-0.4, -0.2) is 59.3 Å². The normalized spacial score (nSPS) is 22.5. The third-order valence-corrected chi connectivity index (χ3v) is 3.05. The van der Waals surface area contributed by atoms with Crippen molar-refractivity contribution in [1.29, 1.82) is 0 Å². The maximum Gasteiger partial charge on any atom is 0.272 e. The summed E-state index contributed by atoms with van der Waals surface area (Å²) in [7, 11) is 1.63. The number of amides is 1. The molecule has 19 heavy (non-hydrogen) atoms. The molecular weight excluding hydrogens is 246 g/mol. The van der Waals surface area contributed by atoms with Crippen LogP contribution in [0.25, 0.3) is 0 Å². The predicted molar refractivity (Wildman–Crippen MR) is 70.1 cm³/mol. The van der Waals surface area contributed by atoms with Crippen molar-refractivity contribution in [3.63, 3.8) is 0 Å². The zero-order valence-electron chi connectivity index (χ0n) is 11.9. The fourth-order valence-corrected chi connectivity index (χ4v) is 2.42. The maximum absolute atomic E-state index is 12.4. The molecule has 1 aliphatic heterocycles. The molecule has 6 nitrogen and oxygen atoms in total. The van der Waals surface area contributed by atoms with Crippen LogP contribution in [0.1, 0.15) is 30.2 Å². The summed E-state index contributed by atoms with van der Waals surface area (Å²) in [6.07, 6.45) is 1.48. The van der Waals surface area contributed by atoms with Gasteiger partial charge in [-0.25, -0.2) is 4.98 Å². The highest BCUT2D eigenvalue weighted by atomic mass is 16.5. The van der Waals surface area contributed by atoms with E-state index in [2.05, 4.69) is 9.97 Å². The van der Waals surface area contributed by atoms with E-state index in [1.165, 1.54) is 0 Å². The quantitative estimate of drug-likeness (QED) is 0.886. The van der Waals surface area contributed by atoms with E-state index in [-0.39, 0.29) is 17.6 Å². The number of rotatable bonds is 3. The van der Waals surface area contributed by atoms with E-state index in [4.69, 9.17) is 9.47 Å². The van der Waals surface area contributed by atoms with Crippen molar-refractivity contribution in [2.24, 2.45) is 0 Å². The number of ether oxygens (including phenoxy) is 2. The van der Waals surface area contributed by atoms with Gasteiger partial charge in [-0.3, -0.25) is 4.79 Å². The first kappa shape index (κ1) is 14.0. The van der Waals surface area contributed by atoms with Crippen LogP contribution in [0.5, 0.6) is 0 Å². The van der Waals surface area contributed by atoms with Crippen molar-refractivity contribution < 1.29 is 14.3 Å². The molecule has 1 amide bonds. The van der Waals surface area contributed by atoms with Gasteiger partial charge in [-0.15, -0.1) is 0 Å². The van der Waals surface area contributed by atoms with Gasteiger partial charge in [0.25, 0.3) is 5.91 Å². The zero-order valence-corrected chi connectivity index (χ0v) is 11.9. The Morgan fingerprint density at radius 1 is 1.68 bits per heavy atom. The molecule has 6 heteroatoms. The number of aromatic nitrogens is 2. The van der Waals surface area contributed by atoms with Crippen LogP contribution in [0, 0.1) is 6.92 Å². The van der Waals surface area contributed by atoms with E-state index in [9.17, 15) is 4.79 Å². The Bertz CT molecular complexity index is 456. The first-order valence-corrected chi connectivity index (χ1v) is 6.39. The molecule has 1 atom stereocenters. The SMILES string of the molecule is COC[C@H]1CN(C(=O)c2cnc(C)[nH]2)CC(C)(C)O1. The van der Waals surface area contributed by atoms with E-state index >= 15 is 0 Å². The smallest absolute Gasteiger partial charge is 0.272 e. The molecule has 1 saturated heterocycles. The summed E-state index contributed by atoms with van der Waals surface area (Å²) in [5.74, 6) is 0.697. The van der Waals surface area contributed by atoms with E-state index in [0.717, 1.165) is 5.82 Å². The molecule has 1 aliphatic rings. The summed E-state index contributed by atoms with van der Waals surface area (Å²) < 4.78 is 11.0. The minimum Gasteiger partial charge on any atom is -0.382 e.